The summed E-state index contributed by atoms with van der Waals surface area (Å²) in [6, 6.07) is 0. The maximum absolute atomic E-state index is 12.0. The Morgan fingerprint density at radius 1 is 1.40 bits per heavy atom. The molecule has 2 unspecified atom stereocenters. The molecule has 2 N–H and O–H groups in total. The van der Waals surface area contributed by atoms with Crippen LogP contribution in [0, 0.1) is 5.92 Å². The Balaban J connectivity index is 2.71. The van der Waals surface area contributed by atoms with Crippen molar-refractivity contribution in [2.45, 2.75) is 64.5 Å². The lowest BCUT2D eigenvalue weighted by Crippen LogP contribution is -2.56. The second kappa shape index (κ2) is 4.12. The van der Waals surface area contributed by atoms with Crippen LogP contribution in [0.25, 0.3) is 0 Å². The topological polar surface area (TPSA) is 52.3 Å². The van der Waals surface area contributed by atoms with E-state index in [0.717, 1.165) is 19.3 Å². The molecule has 1 fully saturated rings. The molecule has 1 rings (SSSR count). The first kappa shape index (κ1) is 12.5. The maximum Gasteiger partial charge on any atom is 0.326 e. The molecule has 15 heavy (non-hydrogen) atoms. The van der Waals surface area contributed by atoms with Gasteiger partial charge in [-0.2, -0.15) is 0 Å². The molecule has 0 amide bonds. The normalized spacial score (nSPS) is 32.5. The van der Waals surface area contributed by atoms with Crippen LogP contribution >= 0.6 is 0 Å². The van der Waals surface area contributed by atoms with Gasteiger partial charge in [0.1, 0.15) is 11.1 Å². The molecular formula is C12H23NO2. The number of esters is 1. The van der Waals surface area contributed by atoms with Gasteiger partial charge in [-0.25, -0.2) is 0 Å². The van der Waals surface area contributed by atoms with Gasteiger partial charge >= 0.3 is 5.97 Å². The first-order valence-electron chi connectivity index (χ1n) is 5.78. The highest BCUT2D eigenvalue weighted by atomic mass is 16.6. The van der Waals surface area contributed by atoms with Crippen LogP contribution in [0.1, 0.15) is 53.4 Å². The first-order chi connectivity index (χ1) is 6.76. The Labute approximate surface area is 92.4 Å². The fraction of sp³-hybridized carbons (Fsp3) is 0.917. The van der Waals surface area contributed by atoms with Crippen molar-refractivity contribution in [3.8, 4) is 0 Å². The van der Waals surface area contributed by atoms with Gasteiger partial charge in [-0.1, -0.05) is 19.8 Å². The zero-order chi connectivity index (χ0) is 11.7. The van der Waals surface area contributed by atoms with E-state index in [2.05, 4.69) is 0 Å². The van der Waals surface area contributed by atoms with Crippen LogP contribution in [-0.4, -0.2) is 17.1 Å². The predicted octanol–water partition coefficient (Wildman–Crippen LogP) is 2.24. The number of rotatable bonds is 1. The Bertz CT molecular complexity index is 244. The van der Waals surface area contributed by atoms with Crippen molar-refractivity contribution in [1.29, 1.82) is 0 Å². The fourth-order valence-corrected chi connectivity index (χ4v) is 2.05. The summed E-state index contributed by atoms with van der Waals surface area (Å²) < 4.78 is 5.39. The van der Waals surface area contributed by atoms with E-state index in [1.165, 1.54) is 6.42 Å². The first-order valence-corrected chi connectivity index (χ1v) is 5.78. The van der Waals surface area contributed by atoms with E-state index >= 15 is 0 Å². The molecule has 3 nitrogen and oxygen atoms in total. The molecule has 0 radical (unpaired) electrons. The van der Waals surface area contributed by atoms with E-state index in [1.807, 2.05) is 27.7 Å². The number of nitrogens with two attached hydrogens (primary N) is 1. The molecule has 1 saturated carbocycles. The van der Waals surface area contributed by atoms with Crippen molar-refractivity contribution >= 4 is 5.97 Å². The molecule has 1 aliphatic carbocycles. The van der Waals surface area contributed by atoms with Gasteiger partial charge in [0.25, 0.3) is 0 Å². The SMILES string of the molecule is CC1CCCCC1(N)C(=O)OC(C)(C)C. The van der Waals surface area contributed by atoms with E-state index in [-0.39, 0.29) is 11.9 Å². The van der Waals surface area contributed by atoms with Gasteiger partial charge in [0.2, 0.25) is 0 Å². The third-order valence-electron chi connectivity index (χ3n) is 3.14. The number of hydrogen-bond donors (Lipinski definition) is 1. The van der Waals surface area contributed by atoms with Crippen LogP contribution in [-0.2, 0) is 9.53 Å². The van der Waals surface area contributed by atoms with Crippen LogP contribution in [0.4, 0.5) is 0 Å². The van der Waals surface area contributed by atoms with Crippen LogP contribution < -0.4 is 5.73 Å². The van der Waals surface area contributed by atoms with Crippen molar-refractivity contribution in [2.24, 2.45) is 11.7 Å². The van der Waals surface area contributed by atoms with E-state index in [9.17, 15) is 4.79 Å². The second-order valence-electron chi connectivity index (χ2n) is 5.69. The highest BCUT2D eigenvalue weighted by Crippen LogP contribution is 2.33. The number of carbonyl (C=O) groups excluding carboxylic acids is 1. The molecule has 0 bridgehead atoms. The molecule has 0 spiro atoms. The van der Waals surface area contributed by atoms with Crippen molar-refractivity contribution in [3.63, 3.8) is 0 Å². The van der Waals surface area contributed by atoms with Gasteiger partial charge in [-0.05, 0) is 39.5 Å². The summed E-state index contributed by atoms with van der Waals surface area (Å²) in [5.41, 5.74) is 4.98. The average molecular weight is 213 g/mol. The van der Waals surface area contributed by atoms with E-state index < -0.39 is 11.1 Å². The predicted molar refractivity (Wildman–Crippen MR) is 60.4 cm³/mol. The minimum absolute atomic E-state index is 0.223. The van der Waals surface area contributed by atoms with Crippen LogP contribution in [0.15, 0.2) is 0 Å². The Kier molecular flexibility index (Phi) is 3.44. The van der Waals surface area contributed by atoms with Gasteiger partial charge in [0.05, 0.1) is 0 Å². The molecule has 0 aromatic heterocycles. The van der Waals surface area contributed by atoms with Crippen molar-refractivity contribution < 1.29 is 9.53 Å². The van der Waals surface area contributed by atoms with Gasteiger partial charge in [-0.15, -0.1) is 0 Å². The van der Waals surface area contributed by atoms with Crippen LogP contribution in [0.3, 0.4) is 0 Å². The summed E-state index contributed by atoms with van der Waals surface area (Å²) in [5, 5.41) is 0. The number of hydrogen-bond acceptors (Lipinski definition) is 3. The lowest BCUT2D eigenvalue weighted by Gasteiger charge is -2.38. The largest absolute Gasteiger partial charge is 0.459 e. The van der Waals surface area contributed by atoms with Crippen LogP contribution in [0.2, 0.25) is 0 Å². The summed E-state index contributed by atoms with van der Waals surface area (Å²) in [6.07, 6.45) is 3.97. The summed E-state index contributed by atoms with van der Waals surface area (Å²) in [5.74, 6) is -0.0108. The minimum Gasteiger partial charge on any atom is -0.459 e. The smallest absolute Gasteiger partial charge is 0.326 e. The second-order valence-corrected chi connectivity index (χ2v) is 5.69. The lowest BCUT2D eigenvalue weighted by molar-refractivity contribution is -0.165. The van der Waals surface area contributed by atoms with E-state index in [4.69, 9.17) is 10.5 Å². The molecular weight excluding hydrogens is 190 g/mol. The summed E-state index contributed by atoms with van der Waals surface area (Å²) in [7, 11) is 0. The van der Waals surface area contributed by atoms with E-state index in [1.54, 1.807) is 0 Å². The molecule has 2 atom stereocenters. The molecule has 1 aliphatic rings. The zero-order valence-electron chi connectivity index (χ0n) is 10.3. The Morgan fingerprint density at radius 2 is 2.00 bits per heavy atom. The maximum atomic E-state index is 12.0. The molecule has 0 heterocycles. The van der Waals surface area contributed by atoms with Gasteiger partial charge in [0, 0.05) is 0 Å². The van der Waals surface area contributed by atoms with Gasteiger partial charge in [0.15, 0.2) is 0 Å². The highest BCUT2D eigenvalue weighted by molar-refractivity contribution is 5.81. The molecule has 3 heteroatoms. The monoisotopic (exact) mass is 213 g/mol. The van der Waals surface area contributed by atoms with Crippen molar-refractivity contribution in [3.05, 3.63) is 0 Å². The molecule has 0 aromatic carbocycles. The third kappa shape index (κ3) is 2.94. The Morgan fingerprint density at radius 3 is 2.47 bits per heavy atom. The lowest BCUT2D eigenvalue weighted by atomic mass is 9.74. The van der Waals surface area contributed by atoms with Crippen molar-refractivity contribution in [1.82, 2.24) is 0 Å². The minimum atomic E-state index is -0.758. The summed E-state index contributed by atoms with van der Waals surface area (Å²) >= 11 is 0. The standard InChI is InChI=1S/C12H23NO2/c1-9-7-5-6-8-12(9,13)10(14)15-11(2,3)4/h9H,5-8,13H2,1-4H3. The molecule has 0 aliphatic heterocycles. The highest BCUT2D eigenvalue weighted by Gasteiger charge is 2.43. The number of ether oxygens (including phenoxy) is 1. The quantitative estimate of drug-likeness (QED) is 0.680. The third-order valence-corrected chi connectivity index (χ3v) is 3.14. The zero-order valence-corrected chi connectivity index (χ0v) is 10.3. The Hall–Kier alpha value is -0.570. The van der Waals surface area contributed by atoms with Crippen LogP contribution in [0.5, 0.6) is 0 Å². The fourth-order valence-electron chi connectivity index (χ4n) is 2.05. The molecule has 0 saturated heterocycles. The summed E-state index contributed by atoms with van der Waals surface area (Å²) in [6.45, 7) is 7.67. The molecule has 0 aromatic rings. The van der Waals surface area contributed by atoms with E-state index in [0.29, 0.717) is 0 Å². The molecule has 88 valence electrons. The van der Waals surface area contributed by atoms with Crippen molar-refractivity contribution in [2.75, 3.05) is 0 Å². The summed E-state index contributed by atoms with van der Waals surface area (Å²) in [4.78, 5) is 12.0. The number of carbonyl (C=O) groups is 1. The average Bonchev–Trinajstić information content (AvgIpc) is 2.07. The van der Waals surface area contributed by atoms with Gasteiger partial charge in [-0.3, -0.25) is 4.79 Å². The van der Waals surface area contributed by atoms with Gasteiger partial charge < -0.3 is 10.5 Å².